The minimum absolute atomic E-state index is 0. The first-order valence-corrected chi connectivity index (χ1v) is 8.23. The summed E-state index contributed by atoms with van der Waals surface area (Å²) in [5, 5.41) is 2.88. The van der Waals surface area contributed by atoms with E-state index in [0.29, 0.717) is 0 Å². The summed E-state index contributed by atoms with van der Waals surface area (Å²) >= 11 is 1.74. The second-order valence-corrected chi connectivity index (χ2v) is 7.12. The van der Waals surface area contributed by atoms with Crippen molar-refractivity contribution in [3.63, 3.8) is 0 Å². The van der Waals surface area contributed by atoms with Gasteiger partial charge in [-0.3, -0.25) is 4.79 Å². The molecule has 1 aliphatic carbocycles. The number of nitrogens with two attached hydrogens (primary N) is 1. The molecule has 0 aromatic heterocycles. The minimum atomic E-state index is -0.633. The molecule has 0 saturated heterocycles. The van der Waals surface area contributed by atoms with Crippen molar-refractivity contribution in [2.24, 2.45) is 5.73 Å². The Labute approximate surface area is 147 Å². The van der Waals surface area contributed by atoms with Gasteiger partial charge in [0.05, 0.1) is 5.54 Å². The fraction of sp³-hybridized carbons (Fsp3) is 0.278. The molecule has 1 amide bonds. The lowest BCUT2D eigenvalue weighted by atomic mass is 10.2. The van der Waals surface area contributed by atoms with Gasteiger partial charge in [0.15, 0.2) is 0 Å². The summed E-state index contributed by atoms with van der Waals surface area (Å²) in [5.41, 5.74) is 8.58. The number of nitrogens with one attached hydrogen (secondary N) is 1. The van der Waals surface area contributed by atoms with Crippen molar-refractivity contribution in [2.75, 3.05) is 5.32 Å². The van der Waals surface area contributed by atoms with Crippen LogP contribution in [0.15, 0.2) is 52.3 Å². The van der Waals surface area contributed by atoms with Gasteiger partial charge in [-0.2, -0.15) is 0 Å². The first-order valence-electron chi connectivity index (χ1n) is 7.42. The van der Waals surface area contributed by atoms with Crippen molar-refractivity contribution in [2.45, 2.75) is 42.0 Å². The third kappa shape index (κ3) is 4.28. The average Bonchev–Trinajstić information content (AvgIpc) is 3.24. The number of hydrogen-bond acceptors (Lipinski definition) is 3. The molecule has 3 nitrogen and oxygen atoms in total. The van der Waals surface area contributed by atoms with Crippen LogP contribution in [0.1, 0.15) is 24.0 Å². The van der Waals surface area contributed by atoms with Crippen LogP contribution in [0.4, 0.5) is 5.69 Å². The fourth-order valence-corrected chi connectivity index (χ4v) is 3.17. The van der Waals surface area contributed by atoms with Gasteiger partial charge in [0.2, 0.25) is 5.91 Å². The van der Waals surface area contributed by atoms with E-state index in [1.807, 2.05) is 24.3 Å². The molecule has 1 fully saturated rings. The molecule has 1 aliphatic rings. The van der Waals surface area contributed by atoms with Crippen molar-refractivity contribution in [1.82, 2.24) is 0 Å². The molecule has 2 aromatic carbocycles. The van der Waals surface area contributed by atoms with Crippen LogP contribution < -0.4 is 11.1 Å². The van der Waals surface area contributed by atoms with Crippen LogP contribution in [0.25, 0.3) is 0 Å². The molecular formula is C18H21ClN2OS. The first kappa shape index (κ1) is 17.9. The zero-order valence-electron chi connectivity index (χ0n) is 13.3. The van der Waals surface area contributed by atoms with Crippen LogP contribution in [0.3, 0.4) is 0 Å². The first-order chi connectivity index (χ1) is 10.5. The van der Waals surface area contributed by atoms with Crippen molar-refractivity contribution >= 4 is 35.8 Å². The predicted octanol–water partition coefficient (Wildman–Crippen LogP) is 4.31. The van der Waals surface area contributed by atoms with E-state index in [0.717, 1.165) is 23.4 Å². The van der Waals surface area contributed by atoms with Gasteiger partial charge < -0.3 is 11.1 Å². The van der Waals surface area contributed by atoms with Gasteiger partial charge in [-0.15, -0.1) is 12.4 Å². The monoisotopic (exact) mass is 348 g/mol. The van der Waals surface area contributed by atoms with Crippen LogP contribution in [0, 0.1) is 13.8 Å². The molecule has 0 bridgehead atoms. The lowest BCUT2D eigenvalue weighted by Crippen LogP contribution is -2.37. The average molecular weight is 349 g/mol. The standard InChI is InChI=1S/C18H20N2OS.ClH/c1-12-3-4-13(2)16(11-12)22-15-7-5-14(6-8-15)20-17(21)18(19)9-10-18;/h3-8,11H,9-10,19H2,1-2H3,(H,20,21);1H. The highest BCUT2D eigenvalue weighted by Crippen LogP contribution is 2.34. The number of amides is 1. The lowest BCUT2D eigenvalue weighted by Gasteiger charge is -2.11. The van der Waals surface area contributed by atoms with Gasteiger partial charge in [-0.05, 0) is 68.1 Å². The Morgan fingerprint density at radius 3 is 2.39 bits per heavy atom. The van der Waals surface area contributed by atoms with Gasteiger partial charge in [0.1, 0.15) is 0 Å². The summed E-state index contributed by atoms with van der Waals surface area (Å²) in [6, 6.07) is 14.4. The third-order valence-corrected chi connectivity index (χ3v) is 5.09. The Bertz CT molecular complexity index is 711. The SMILES string of the molecule is Cc1ccc(C)c(Sc2ccc(NC(=O)C3(N)CC3)cc2)c1.Cl. The van der Waals surface area contributed by atoms with Crippen molar-refractivity contribution in [3.05, 3.63) is 53.6 Å². The van der Waals surface area contributed by atoms with Crippen molar-refractivity contribution in [3.8, 4) is 0 Å². The maximum absolute atomic E-state index is 11.9. The molecular weight excluding hydrogens is 328 g/mol. The second kappa shape index (κ2) is 6.95. The summed E-state index contributed by atoms with van der Waals surface area (Å²) in [6.45, 7) is 4.22. The highest BCUT2D eigenvalue weighted by Gasteiger charge is 2.45. The Morgan fingerprint density at radius 2 is 1.78 bits per heavy atom. The number of carbonyl (C=O) groups excluding carboxylic acids is 1. The Balaban J connectivity index is 0.00000192. The molecule has 3 rings (SSSR count). The van der Waals surface area contributed by atoms with Crippen LogP contribution in [0.5, 0.6) is 0 Å². The smallest absolute Gasteiger partial charge is 0.244 e. The van der Waals surface area contributed by atoms with Gasteiger partial charge in [0.25, 0.3) is 0 Å². The van der Waals surface area contributed by atoms with Crippen LogP contribution in [-0.2, 0) is 4.79 Å². The van der Waals surface area contributed by atoms with Crippen LogP contribution in [-0.4, -0.2) is 11.4 Å². The molecule has 1 saturated carbocycles. The largest absolute Gasteiger partial charge is 0.324 e. The van der Waals surface area contributed by atoms with E-state index >= 15 is 0 Å². The maximum Gasteiger partial charge on any atom is 0.244 e. The molecule has 0 aliphatic heterocycles. The van der Waals surface area contributed by atoms with Gasteiger partial charge in [0, 0.05) is 15.5 Å². The number of hydrogen-bond donors (Lipinski definition) is 2. The Kier molecular flexibility index (Phi) is 5.40. The Morgan fingerprint density at radius 1 is 1.13 bits per heavy atom. The van der Waals surface area contributed by atoms with Crippen LogP contribution in [0.2, 0.25) is 0 Å². The fourth-order valence-electron chi connectivity index (χ4n) is 2.17. The quantitative estimate of drug-likeness (QED) is 0.865. The molecule has 0 heterocycles. The highest BCUT2D eigenvalue weighted by molar-refractivity contribution is 7.99. The van der Waals surface area contributed by atoms with Gasteiger partial charge >= 0.3 is 0 Å². The summed E-state index contributed by atoms with van der Waals surface area (Å²) < 4.78 is 0. The molecule has 0 radical (unpaired) electrons. The third-order valence-electron chi connectivity index (χ3n) is 3.92. The van der Waals surface area contributed by atoms with E-state index in [1.54, 1.807) is 11.8 Å². The summed E-state index contributed by atoms with van der Waals surface area (Å²) in [6.07, 6.45) is 1.55. The zero-order chi connectivity index (χ0) is 15.7. The van der Waals surface area contributed by atoms with E-state index in [2.05, 4.69) is 37.4 Å². The lowest BCUT2D eigenvalue weighted by molar-refractivity contribution is -0.118. The Hall–Kier alpha value is -1.49. The summed E-state index contributed by atoms with van der Waals surface area (Å²) in [7, 11) is 0. The zero-order valence-corrected chi connectivity index (χ0v) is 14.9. The second-order valence-electron chi connectivity index (χ2n) is 6.01. The maximum atomic E-state index is 11.9. The highest BCUT2D eigenvalue weighted by atomic mass is 35.5. The molecule has 122 valence electrons. The van der Waals surface area contributed by atoms with Crippen molar-refractivity contribution in [1.29, 1.82) is 0 Å². The van der Waals surface area contributed by atoms with E-state index in [4.69, 9.17) is 5.73 Å². The van der Waals surface area contributed by atoms with Crippen molar-refractivity contribution < 1.29 is 4.79 Å². The molecule has 0 atom stereocenters. The number of benzene rings is 2. The normalized spacial score (nSPS) is 14.7. The number of rotatable bonds is 4. The van der Waals surface area contributed by atoms with E-state index in [-0.39, 0.29) is 18.3 Å². The van der Waals surface area contributed by atoms with Crippen LogP contribution >= 0.6 is 24.2 Å². The molecule has 0 unspecified atom stereocenters. The molecule has 0 spiro atoms. The number of aryl methyl sites for hydroxylation is 2. The minimum Gasteiger partial charge on any atom is -0.324 e. The molecule has 5 heteroatoms. The number of carbonyl (C=O) groups is 1. The molecule has 23 heavy (non-hydrogen) atoms. The number of anilines is 1. The predicted molar refractivity (Wildman–Crippen MR) is 98.5 cm³/mol. The summed E-state index contributed by atoms with van der Waals surface area (Å²) in [4.78, 5) is 14.3. The van der Waals surface area contributed by atoms with Gasteiger partial charge in [-0.25, -0.2) is 0 Å². The topological polar surface area (TPSA) is 55.1 Å². The van der Waals surface area contributed by atoms with Gasteiger partial charge in [-0.1, -0.05) is 23.9 Å². The molecule has 3 N–H and O–H groups in total. The van der Waals surface area contributed by atoms with E-state index in [9.17, 15) is 4.79 Å². The summed E-state index contributed by atoms with van der Waals surface area (Å²) in [5.74, 6) is -0.0811. The van der Waals surface area contributed by atoms with E-state index < -0.39 is 5.54 Å². The van der Waals surface area contributed by atoms with E-state index in [1.165, 1.54) is 16.0 Å². The number of halogens is 1. The molecule has 2 aromatic rings.